The second-order valence-corrected chi connectivity index (χ2v) is 5.22. The zero-order valence-corrected chi connectivity index (χ0v) is 11.0. The summed E-state index contributed by atoms with van der Waals surface area (Å²) in [5.41, 5.74) is -0.0112. The third-order valence-electron chi connectivity index (χ3n) is 2.63. The van der Waals surface area contributed by atoms with E-state index >= 15 is 0 Å². The standard InChI is InChI=1S/C11H20ClN3/c1-6-8(7-2)15-9(11(3,4)5)13-14-10(15)12/h8H,6-7H2,1-5H3. The Morgan fingerprint density at radius 3 is 2.13 bits per heavy atom. The van der Waals surface area contributed by atoms with Crippen LogP contribution in [0.3, 0.4) is 0 Å². The summed E-state index contributed by atoms with van der Waals surface area (Å²) in [5, 5.41) is 8.67. The highest BCUT2D eigenvalue weighted by molar-refractivity contribution is 6.28. The number of halogens is 1. The molecule has 4 heteroatoms. The van der Waals surface area contributed by atoms with Crippen LogP contribution in [0.15, 0.2) is 0 Å². The average Bonchev–Trinajstić information content (AvgIpc) is 2.50. The highest BCUT2D eigenvalue weighted by Gasteiger charge is 2.26. The minimum Gasteiger partial charge on any atom is -0.298 e. The van der Waals surface area contributed by atoms with Crippen LogP contribution in [0.4, 0.5) is 0 Å². The molecule has 1 aromatic heterocycles. The van der Waals surface area contributed by atoms with E-state index < -0.39 is 0 Å². The molecular formula is C11H20ClN3. The first kappa shape index (κ1) is 12.5. The molecule has 0 unspecified atom stereocenters. The van der Waals surface area contributed by atoms with Crippen molar-refractivity contribution in [3.8, 4) is 0 Å². The Hall–Kier alpha value is -0.570. The van der Waals surface area contributed by atoms with Crippen LogP contribution in [0.2, 0.25) is 5.28 Å². The van der Waals surface area contributed by atoms with Crippen molar-refractivity contribution in [1.82, 2.24) is 14.8 Å². The summed E-state index contributed by atoms with van der Waals surface area (Å²) in [7, 11) is 0. The van der Waals surface area contributed by atoms with Crippen molar-refractivity contribution in [1.29, 1.82) is 0 Å². The normalized spacial score (nSPS) is 12.5. The SMILES string of the molecule is CCC(CC)n1c(Cl)nnc1C(C)(C)C. The molecule has 0 saturated carbocycles. The zero-order valence-electron chi connectivity index (χ0n) is 10.2. The van der Waals surface area contributed by atoms with Crippen LogP contribution < -0.4 is 0 Å². The van der Waals surface area contributed by atoms with E-state index in [4.69, 9.17) is 11.6 Å². The van der Waals surface area contributed by atoms with Gasteiger partial charge in [-0.2, -0.15) is 0 Å². The summed E-state index contributed by atoms with van der Waals surface area (Å²) in [6.45, 7) is 10.7. The lowest BCUT2D eigenvalue weighted by atomic mass is 9.95. The van der Waals surface area contributed by atoms with Crippen molar-refractivity contribution in [2.75, 3.05) is 0 Å². The van der Waals surface area contributed by atoms with E-state index in [-0.39, 0.29) is 5.41 Å². The number of hydrogen-bond donors (Lipinski definition) is 0. The first-order chi connectivity index (χ1) is 6.91. The first-order valence-electron chi connectivity index (χ1n) is 5.52. The third-order valence-corrected chi connectivity index (χ3v) is 2.89. The van der Waals surface area contributed by atoms with Crippen LogP contribution >= 0.6 is 11.6 Å². The Morgan fingerprint density at radius 2 is 1.73 bits per heavy atom. The molecule has 0 aliphatic carbocycles. The van der Waals surface area contributed by atoms with Crippen molar-refractivity contribution in [3.05, 3.63) is 11.1 Å². The van der Waals surface area contributed by atoms with E-state index in [2.05, 4.69) is 49.4 Å². The maximum absolute atomic E-state index is 6.09. The van der Waals surface area contributed by atoms with Crippen LogP contribution in [-0.2, 0) is 5.41 Å². The van der Waals surface area contributed by atoms with Gasteiger partial charge >= 0.3 is 0 Å². The van der Waals surface area contributed by atoms with Crippen LogP contribution in [0.1, 0.15) is 59.3 Å². The lowest BCUT2D eigenvalue weighted by Crippen LogP contribution is -2.22. The van der Waals surface area contributed by atoms with Gasteiger partial charge in [-0.15, -0.1) is 10.2 Å². The molecule has 0 fully saturated rings. The van der Waals surface area contributed by atoms with Gasteiger partial charge in [0.05, 0.1) is 0 Å². The molecule has 15 heavy (non-hydrogen) atoms. The predicted octanol–water partition coefficient (Wildman–Crippen LogP) is 3.59. The van der Waals surface area contributed by atoms with Gasteiger partial charge < -0.3 is 0 Å². The lowest BCUT2D eigenvalue weighted by molar-refractivity contribution is 0.413. The van der Waals surface area contributed by atoms with E-state index in [9.17, 15) is 0 Å². The van der Waals surface area contributed by atoms with Crippen molar-refractivity contribution in [2.24, 2.45) is 0 Å². The maximum Gasteiger partial charge on any atom is 0.225 e. The maximum atomic E-state index is 6.09. The van der Waals surface area contributed by atoms with Crippen molar-refractivity contribution in [3.63, 3.8) is 0 Å². The second-order valence-electron chi connectivity index (χ2n) is 4.88. The van der Waals surface area contributed by atoms with Gasteiger partial charge in [0, 0.05) is 11.5 Å². The minimum absolute atomic E-state index is 0.0112. The Kier molecular flexibility index (Phi) is 3.77. The number of aromatic nitrogens is 3. The van der Waals surface area contributed by atoms with Crippen molar-refractivity contribution < 1.29 is 0 Å². The molecule has 1 heterocycles. The van der Waals surface area contributed by atoms with Crippen LogP contribution in [0, 0.1) is 0 Å². The highest BCUT2D eigenvalue weighted by atomic mass is 35.5. The Labute approximate surface area is 96.8 Å². The van der Waals surface area contributed by atoms with E-state index in [0.717, 1.165) is 18.7 Å². The molecule has 0 radical (unpaired) electrons. The number of hydrogen-bond acceptors (Lipinski definition) is 2. The van der Waals surface area contributed by atoms with Gasteiger partial charge in [-0.25, -0.2) is 0 Å². The molecule has 0 amide bonds. The molecule has 0 aliphatic rings. The van der Waals surface area contributed by atoms with Gasteiger partial charge in [-0.3, -0.25) is 4.57 Å². The van der Waals surface area contributed by atoms with Crippen LogP contribution in [0.25, 0.3) is 0 Å². The summed E-state index contributed by atoms with van der Waals surface area (Å²) in [6, 6.07) is 0.404. The van der Waals surface area contributed by atoms with Gasteiger partial charge in [-0.1, -0.05) is 34.6 Å². The topological polar surface area (TPSA) is 30.7 Å². The van der Waals surface area contributed by atoms with E-state index in [1.54, 1.807) is 0 Å². The Bertz CT molecular complexity index is 321. The summed E-state index contributed by atoms with van der Waals surface area (Å²) >= 11 is 6.09. The average molecular weight is 230 g/mol. The largest absolute Gasteiger partial charge is 0.298 e. The van der Waals surface area contributed by atoms with E-state index in [1.807, 2.05) is 0 Å². The number of nitrogens with zero attached hydrogens (tertiary/aromatic N) is 3. The quantitative estimate of drug-likeness (QED) is 0.793. The second kappa shape index (κ2) is 4.52. The molecular weight excluding hydrogens is 210 g/mol. The smallest absolute Gasteiger partial charge is 0.225 e. The van der Waals surface area contributed by atoms with Gasteiger partial charge in [0.2, 0.25) is 5.28 Å². The summed E-state index contributed by atoms with van der Waals surface area (Å²) < 4.78 is 2.07. The molecule has 1 aromatic rings. The molecule has 0 N–H and O–H groups in total. The van der Waals surface area contributed by atoms with Crippen LogP contribution in [-0.4, -0.2) is 14.8 Å². The first-order valence-corrected chi connectivity index (χ1v) is 5.90. The Morgan fingerprint density at radius 1 is 1.20 bits per heavy atom. The molecule has 0 atom stereocenters. The molecule has 86 valence electrons. The van der Waals surface area contributed by atoms with E-state index in [1.165, 1.54) is 0 Å². The fourth-order valence-electron chi connectivity index (χ4n) is 1.76. The molecule has 3 nitrogen and oxygen atoms in total. The van der Waals surface area contributed by atoms with Crippen molar-refractivity contribution >= 4 is 11.6 Å². The van der Waals surface area contributed by atoms with Gasteiger partial charge in [-0.05, 0) is 24.4 Å². The fourth-order valence-corrected chi connectivity index (χ4v) is 2.02. The molecule has 0 saturated heterocycles. The summed E-state index contributed by atoms with van der Waals surface area (Å²) in [5.74, 6) is 0.973. The fraction of sp³-hybridized carbons (Fsp3) is 0.818. The highest BCUT2D eigenvalue weighted by Crippen LogP contribution is 2.29. The monoisotopic (exact) mass is 229 g/mol. The van der Waals surface area contributed by atoms with Crippen molar-refractivity contribution in [2.45, 2.75) is 58.9 Å². The molecule has 0 spiro atoms. The molecule has 0 aliphatic heterocycles. The molecule has 0 bridgehead atoms. The summed E-state index contributed by atoms with van der Waals surface area (Å²) in [4.78, 5) is 0. The summed E-state index contributed by atoms with van der Waals surface area (Å²) in [6.07, 6.45) is 2.11. The third kappa shape index (κ3) is 2.51. The van der Waals surface area contributed by atoms with Gasteiger partial charge in [0.15, 0.2) is 0 Å². The lowest BCUT2D eigenvalue weighted by Gasteiger charge is -2.24. The zero-order chi connectivity index (χ0) is 11.6. The number of rotatable bonds is 3. The Balaban J connectivity index is 3.20. The van der Waals surface area contributed by atoms with Gasteiger partial charge in [0.25, 0.3) is 0 Å². The molecule has 0 aromatic carbocycles. The predicted molar refractivity (Wildman–Crippen MR) is 63.4 cm³/mol. The minimum atomic E-state index is -0.0112. The van der Waals surface area contributed by atoms with Gasteiger partial charge in [0.1, 0.15) is 5.82 Å². The molecule has 1 rings (SSSR count). The van der Waals surface area contributed by atoms with E-state index in [0.29, 0.717) is 11.3 Å². The van der Waals surface area contributed by atoms with Crippen LogP contribution in [0.5, 0.6) is 0 Å².